The van der Waals surface area contributed by atoms with Gasteiger partial charge < -0.3 is 25.2 Å². The molecule has 5 aliphatic rings. The molecular weight excluding hydrogens is 563 g/mol. The highest BCUT2D eigenvalue weighted by atomic mass is 35.5. The van der Waals surface area contributed by atoms with Crippen LogP contribution in [0, 0.1) is 17.8 Å². The van der Waals surface area contributed by atoms with Crippen LogP contribution in [-0.2, 0) is 19.1 Å². The quantitative estimate of drug-likeness (QED) is 0.423. The van der Waals surface area contributed by atoms with E-state index in [-0.39, 0.29) is 23.8 Å². The van der Waals surface area contributed by atoms with E-state index < -0.39 is 29.6 Å². The standard InChI is InChI=1S/C31H40Cl2N4O4/c1-19-7-5-12-36(18-19)13-6-14-37-27(29(39)34-22-8-3-2-4-9-22)31-11-10-24(41-31)25(26(31)30(37)40)28(38)35-23-16-20(32)15-21(33)17-23/h10-11,15-17,19,22,24-27H,2-9,12-14,18H2,1H3,(H,34,39)(H,35,38)/t19-,24+,25+,26+,27-,31+/m1/s1. The Kier molecular flexibility index (Phi) is 8.38. The van der Waals surface area contributed by atoms with Crippen LogP contribution >= 0.6 is 23.2 Å². The number of likely N-dealkylation sites (tertiary alicyclic amines) is 2. The van der Waals surface area contributed by atoms with Crippen LogP contribution in [0.3, 0.4) is 0 Å². The van der Waals surface area contributed by atoms with E-state index in [1.54, 1.807) is 23.1 Å². The minimum atomic E-state index is -1.16. The molecule has 10 heteroatoms. The first-order valence-corrected chi connectivity index (χ1v) is 16.0. The molecule has 3 saturated heterocycles. The van der Waals surface area contributed by atoms with Gasteiger partial charge in [-0.25, -0.2) is 0 Å². The molecule has 0 radical (unpaired) electrons. The summed E-state index contributed by atoms with van der Waals surface area (Å²) in [6.07, 6.45) is 11.6. The minimum Gasteiger partial charge on any atom is -0.359 e. The number of nitrogens with one attached hydrogen (secondary N) is 2. The van der Waals surface area contributed by atoms with Crippen molar-refractivity contribution in [2.24, 2.45) is 17.8 Å². The molecule has 1 spiro atoms. The number of amides is 3. The third-order valence-electron chi connectivity index (χ3n) is 9.62. The van der Waals surface area contributed by atoms with Crippen molar-refractivity contribution >= 4 is 46.6 Å². The molecule has 1 aromatic rings. The van der Waals surface area contributed by atoms with Crippen molar-refractivity contribution in [2.75, 3.05) is 31.5 Å². The van der Waals surface area contributed by atoms with Gasteiger partial charge >= 0.3 is 0 Å². The Morgan fingerprint density at radius 2 is 1.78 bits per heavy atom. The van der Waals surface area contributed by atoms with E-state index in [4.69, 9.17) is 27.9 Å². The van der Waals surface area contributed by atoms with Crippen molar-refractivity contribution in [3.63, 3.8) is 0 Å². The number of halogens is 2. The van der Waals surface area contributed by atoms with Gasteiger partial charge in [0.25, 0.3) is 0 Å². The Balaban J connectivity index is 1.24. The van der Waals surface area contributed by atoms with E-state index in [0.29, 0.717) is 28.2 Å². The first-order chi connectivity index (χ1) is 19.7. The van der Waals surface area contributed by atoms with Crippen molar-refractivity contribution in [1.82, 2.24) is 15.1 Å². The van der Waals surface area contributed by atoms with E-state index >= 15 is 0 Å². The van der Waals surface area contributed by atoms with Crippen LogP contribution in [-0.4, -0.2) is 77.5 Å². The lowest BCUT2D eigenvalue weighted by molar-refractivity contribution is -0.141. The first-order valence-electron chi connectivity index (χ1n) is 15.2. The van der Waals surface area contributed by atoms with Crippen molar-refractivity contribution in [1.29, 1.82) is 0 Å². The molecule has 6 atom stereocenters. The normalized spacial score (nSPS) is 33.3. The Hall–Kier alpha value is -2.13. The Labute approximate surface area is 252 Å². The second-order valence-electron chi connectivity index (χ2n) is 12.6. The van der Waals surface area contributed by atoms with E-state index in [2.05, 4.69) is 22.5 Å². The van der Waals surface area contributed by atoms with Gasteiger partial charge in [-0.15, -0.1) is 0 Å². The van der Waals surface area contributed by atoms with Gasteiger partial charge in [-0.3, -0.25) is 14.4 Å². The van der Waals surface area contributed by atoms with E-state index in [1.165, 1.54) is 19.3 Å². The molecule has 8 nitrogen and oxygen atoms in total. The lowest BCUT2D eigenvalue weighted by Gasteiger charge is -2.35. The van der Waals surface area contributed by atoms with Crippen molar-refractivity contribution in [2.45, 2.75) is 82.1 Å². The van der Waals surface area contributed by atoms with Gasteiger partial charge in [0, 0.05) is 34.9 Å². The SMILES string of the molecule is C[C@@H]1CCCN(CCCN2C(=O)[C@@H]3[C@@H](C(=O)Nc4cc(Cl)cc(Cl)c4)[C@@H]4C=C[C@@]3(O4)[C@H]2C(=O)NC2CCCCC2)C1. The summed E-state index contributed by atoms with van der Waals surface area (Å²) in [4.78, 5) is 46.0. The van der Waals surface area contributed by atoms with Crippen LogP contribution < -0.4 is 10.6 Å². The summed E-state index contributed by atoms with van der Waals surface area (Å²) in [5.41, 5.74) is -0.702. The maximum atomic E-state index is 14.2. The number of anilines is 1. The lowest BCUT2D eigenvalue weighted by atomic mass is 9.74. The first kappa shape index (κ1) is 29.0. The van der Waals surface area contributed by atoms with Crippen LogP contribution in [0.5, 0.6) is 0 Å². The summed E-state index contributed by atoms with van der Waals surface area (Å²) >= 11 is 12.3. The van der Waals surface area contributed by atoms with Gasteiger partial charge in [-0.2, -0.15) is 0 Å². The van der Waals surface area contributed by atoms with E-state index in [0.717, 1.165) is 51.7 Å². The molecule has 6 rings (SSSR count). The number of nitrogens with zero attached hydrogens (tertiary/aromatic N) is 2. The third-order valence-corrected chi connectivity index (χ3v) is 10.1. The number of ether oxygens (including phenoxy) is 1. The number of carbonyl (C=O) groups is 3. The number of rotatable bonds is 8. The largest absolute Gasteiger partial charge is 0.359 e. The highest BCUT2D eigenvalue weighted by Crippen LogP contribution is 2.55. The van der Waals surface area contributed by atoms with Crippen LogP contribution in [0.25, 0.3) is 0 Å². The summed E-state index contributed by atoms with van der Waals surface area (Å²) < 4.78 is 6.48. The number of benzene rings is 1. The second kappa shape index (κ2) is 11.9. The van der Waals surface area contributed by atoms with Gasteiger partial charge in [-0.1, -0.05) is 61.5 Å². The number of fused-ring (bicyclic) bond motifs is 1. The van der Waals surface area contributed by atoms with Crippen molar-refractivity contribution < 1.29 is 19.1 Å². The predicted octanol–water partition coefficient (Wildman–Crippen LogP) is 4.65. The van der Waals surface area contributed by atoms with Crippen molar-refractivity contribution in [3.05, 3.63) is 40.4 Å². The van der Waals surface area contributed by atoms with E-state index in [9.17, 15) is 14.4 Å². The zero-order valence-corrected chi connectivity index (χ0v) is 25.1. The Morgan fingerprint density at radius 3 is 2.51 bits per heavy atom. The zero-order valence-electron chi connectivity index (χ0n) is 23.6. The summed E-state index contributed by atoms with van der Waals surface area (Å²) in [6.45, 7) is 5.74. The van der Waals surface area contributed by atoms with Gasteiger partial charge in [0.05, 0.1) is 17.9 Å². The van der Waals surface area contributed by atoms with Crippen LogP contribution in [0.15, 0.2) is 30.4 Å². The zero-order chi connectivity index (χ0) is 28.7. The molecule has 222 valence electrons. The molecule has 3 amide bonds. The molecule has 1 aromatic carbocycles. The van der Waals surface area contributed by atoms with Crippen molar-refractivity contribution in [3.8, 4) is 0 Å². The van der Waals surface area contributed by atoms with Crippen LogP contribution in [0.1, 0.15) is 58.3 Å². The fourth-order valence-corrected chi connectivity index (χ4v) is 8.37. The molecular formula is C31H40Cl2N4O4. The predicted molar refractivity (Wildman–Crippen MR) is 159 cm³/mol. The molecule has 4 fully saturated rings. The molecule has 4 heterocycles. The molecule has 1 saturated carbocycles. The summed E-state index contributed by atoms with van der Waals surface area (Å²) in [6, 6.07) is 4.13. The molecule has 41 heavy (non-hydrogen) atoms. The van der Waals surface area contributed by atoms with Crippen LogP contribution in [0.4, 0.5) is 5.69 Å². The second-order valence-corrected chi connectivity index (χ2v) is 13.5. The number of hydrogen-bond acceptors (Lipinski definition) is 5. The topological polar surface area (TPSA) is 91.0 Å². The monoisotopic (exact) mass is 602 g/mol. The fourth-order valence-electron chi connectivity index (χ4n) is 7.84. The number of carbonyl (C=O) groups excluding carboxylic acids is 3. The Morgan fingerprint density at radius 1 is 1.02 bits per heavy atom. The van der Waals surface area contributed by atoms with Gasteiger partial charge in [0.1, 0.15) is 11.6 Å². The molecule has 4 aliphatic heterocycles. The van der Waals surface area contributed by atoms with Crippen LogP contribution in [0.2, 0.25) is 10.0 Å². The number of piperidine rings is 1. The molecule has 0 unspecified atom stereocenters. The van der Waals surface area contributed by atoms with Gasteiger partial charge in [0.15, 0.2) is 0 Å². The summed E-state index contributed by atoms with van der Waals surface area (Å²) in [5, 5.41) is 6.96. The molecule has 1 aliphatic carbocycles. The lowest BCUT2D eigenvalue weighted by Crippen LogP contribution is -2.56. The number of hydrogen-bond donors (Lipinski definition) is 2. The third kappa shape index (κ3) is 5.65. The Bertz CT molecular complexity index is 1200. The molecule has 2 N–H and O–H groups in total. The average Bonchev–Trinajstić information content (AvgIpc) is 3.56. The highest BCUT2D eigenvalue weighted by Gasteiger charge is 2.72. The maximum Gasteiger partial charge on any atom is 0.246 e. The fraction of sp³-hybridized carbons (Fsp3) is 0.645. The van der Waals surface area contributed by atoms with Gasteiger partial charge in [0.2, 0.25) is 17.7 Å². The molecule has 2 bridgehead atoms. The van der Waals surface area contributed by atoms with E-state index in [1.807, 2.05) is 12.2 Å². The maximum absolute atomic E-state index is 14.2. The smallest absolute Gasteiger partial charge is 0.246 e. The highest BCUT2D eigenvalue weighted by molar-refractivity contribution is 6.35. The van der Waals surface area contributed by atoms with Gasteiger partial charge in [-0.05, 0) is 69.3 Å². The minimum absolute atomic E-state index is 0.104. The summed E-state index contributed by atoms with van der Waals surface area (Å²) in [7, 11) is 0. The molecule has 0 aromatic heterocycles. The average molecular weight is 604 g/mol. The summed E-state index contributed by atoms with van der Waals surface area (Å²) in [5.74, 6) is -1.56.